The third-order valence-corrected chi connectivity index (χ3v) is 3.19. The van der Waals surface area contributed by atoms with Crippen molar-refractivity contribution < 1.29 is 14.1 Å². The molecular formula is C13H11BrN2O4. The minimum Gasteiger partial charge on any atom is -0.395 e. The van der Waals surface area contributed by atoms with E-state index in [2.05, 4.69) is 15.9 Å². The molecule has 20 heavy (non-hydrogen) atoms. The Morgan fingerprint density at radius 3 is 2.50 bits per heavy atom. The zero-order valence-corrected chi connectivity index (χ0v) is 12.2. The number of nitro groups is 1. The van der Waals surface area contributed by atoms with Gasteiger partial charge in [-0.1, -0.05) is 28.1 Å². The van der Waals surface area contributed by atoms with Crippen LogP contribution in [0.2, 0.25) is 0 Å². The summed E-state index contributed by atoms with van der Waals surface area (Å²) < 4.78 is 5.84. The number of hydrogen-bond acceptors (Lipinski definition) is 4. The van der Waals surface area contributed by atoms with Gasteiger partial charge in [0.1, 0.15) is 4.92 Å². The van der Waals surface area contributed by atoms with Crippen LogP contribution in [0.15, 0.2) is 45.3 Å². The zero-order chi connectivity index (χ0) is 14.7. The van der Waals surface area contributed by atoms with Crippen LogP contribution in [0.25, 0.3) is 0 Å². The highest BCUT2D eigenvalue weighted by atomic mass is 79.9. The summed E-state index contributed by atoms with van der Waals surface area (Å²) in [7, 11) is 1.61. The Labute approximate surface area is 123 Å². The SMILES string of the molecule is CN(Cc1ccc(Br)cc1)C(=O)c1ccc([N+](=O)[O-])o1. The van der Waals surface area contributed by atoms with Crippen molar-refractivity contribution in [3.63, 3.8) is 0 Å². The fourth-order valence-corrected chi connectivity index (χ4v) is 1.93. The van der Waals surface area contributed by atoms with Crippen molar-refractivity contribution in [3.05, 3.63) is 62.3 Å². The second-order valence-electron chi connectivity index (χ2n) is 4.18. The molecule has 7 heteroatoms. The smallest absolute Gasteiger partial charge is 0.395 e. The molecule has 0 N–H and O–H groups in total. The highest BCUT2D eigenvalue weighted by Crippen LogP contribution is 2.18. The van der Waals surface area contributed by atoms with Crippen LogP contribution in [-0.4, -0.2) is 22.8 Å². The highest BCUT2D eigenvalue weighted by molar-refractivity contribution is 9.10. The number of benzene rings is 1. The molecule has 0 radical (unpaired) electrons. The second kappa shape index (κ2) is 5.87. The van der Waals surface area contributed by atoms with Crippen LogP contribution < -0.4 is 0 Å². The average Bonchev–Trinajstić information content (AvgIpc) is 2.90. The maximum absolute atomic E-state index is 12.1. The van der Waals surface area contributed by atoms with E-state index in [1.165, 1.54) is 17.0 Å². The largest absolute Gasteiger partial charge is 0.433 e. The van der Waals surface area contributed by atoms with Gasteiger partial charge in [-0.2, -0.15) is 0 Å². The van der Waals surface area contributed by atoms with Gasteiger partial charge in [-0.15, -0.1) is 0 Å². The van der Waals surface area contributed by atoms with Crippen LogP contribution in [-0.2, 0) is 6.54 Å². The first kappa shape index (κ1) is 14.3. The number of carbonyl (C=O) groups is 1. The lowest BCUT2D eigenvalue weighted by atomic mass is 10.2. The number of furan rings is 1. The number of halogens is 1. The second-order valence-corrected chi connectivity index (χ2v) is 5.10. The molecule has 0 aliphatic heterocycles. The molecule has 0 fully saturated rings. The Morgan fingerprint density at radius 2 is 1.95 bits per heavy atom. The van der Waals surface area contributed by atoms with Crippen LogP contribution in [0.5, 0.6) is 0 Å². The van der Waals surface area contributed by atoms with Crippen LogP contribution in [0.3, 0.4) is 0 Å². The summed E-state index contributed by atoms with van der Waals surface area (Å²) in [5, 5.41) is 10.5. The van der Waals surface area contributed by atoms with Crippen molar-refractivity contribution in [2.24, 2.45) is 0 Å². The van der Waals surface area contributed by atoms with E-state index in [0.717, 1.165) is 10.0 Å². The average molecular weight is 339 g/mol. The van der Waals surface area contributed by atoms with Gasteiger partial charge in [-0.25, -0.2) is 0 Å². The Bertz CT molecular complexity index is 636. The minimum absolute atomic E-state index is 0.0451. The zero-order valence-electron chi connectivity index (χ0n) is 10.6. The number of carbonyl (C=O) groups excluding carboxylic acids is 1. The molecule has 0 saturated heterocycles. The molecule has 0 atom stereocenters. The number of nitrogens with zero attached hydrogens (tertiary/aromatic N) is 2. The van der Waals surface area contributed by atoms with Crippen LogP contribution in [0, 0.1) is 10.1 Å². The summed E-state index contributed by atoms with van der Waals surface area (Å²) in [4.78, 5) is 23.3. The molecule has 0 saturated carbocycles. The van der Waals surface area contributed by atoms with Gasteiger partial charge in [0.15, 0.2) is 5.76 Å². The van der Waals surface area contributed by atoms with Gasteiger partial charge in [0, 0.05) is 18.1 Å². The molecule has 1 heterocycles. The summed E-state index contributed by atoms with van der Waals surface area (Å²) in [5.41, 5.74) is 0.949. The van der Waals surface area contributed by atoms with Gasteiger partial charge < -0.3 is 9.32 Å². The fourth-order valence-electron chi connectivity index (χ4n) is 1.66. The summed E-state index contributed by atoms with van der Waals surface area (Å²) in [5.74, 6) is -0.886. The van der Waals surface area contributed by atoms with E-state index in [0.29, 0.717) is 6.54 Å². The van der Waals surface area contributed by atoms with E-state index in [1.807, 2.05) is 24.3 Å². The maximum Gasteiger partial charge on any atom is 0.433 e. The molecule has 1 amide bonds. The standard InChI is InChI=1S/C13H11BrN2O4/c1-15(8-9-2-4-10(14)5-3-9)13(17)11-6-7-12(20-11)16(18)19/h2-7H,8H2,1H3. The number of amides is 1. The maximum atomic E-state index is 12.1. The Kier molecular flexibility index (Phi) is 4.19. The van der Waals surface area contributed by atoms with Gasteiger partial charge in [-0.05, 0) is 23.8 Å². The van der Waals surface area contributed by atoms with Crippen molar-refractivity contribution in [2.75, 3.05) is 7.05 Å². The predicted octanol–water partition coefficient (Wildman–Crippen LogP) is 3.22. The molecule has 0 spiro atoms. The molecule has 104 valence electrons. The van der Waals surface area contributed by atoms with Crippen LogP contribution in [0.1, 0.15) is 16.1 Å². The van der Waals surface area contributed by atoms with Crippen LogP contribution >= 0.6 is 15.9 Å². The Balaban J connectivity index is 2.07. The van der Waals surface area contributed by atoms with Crippen molar-refractivity contribution in [1.29, 1.82) is 0 Å². The molecule has 1 aromatic heterocycles. The summed E-state index contributed by atoms with van der Waals surface area (Å²) in [6, 6.07) is 10.0. The lowest BCUT2D eigenvalue weighted by Gasteiger charge is -2.15. The molecule has 2 aromatic rings. The molecule has 6 nitrogen and oxygen atoms in total. The van der Waals surface area contributed by atoms with Crippen LogP contribution in [0.4, 0.5) is 5.88 Å². The molecule has 0 bridgehead atoms. The third kappa shape index (κ3) is 3.24. The third-order valence-electron chi connectivity index (χ3n) is 2.66. The quantitative estimate of drug-likeness (QED) is 0.633. The predicted molar refractivity (Wildman–Crippen MR) is 75.3 cm³/mol. The van der Waals surface area contributed by atoms with Crippen molar-refractivity contribution >= 4 is 27.7 Å². The molecule has 2 rings (SSSR count). The van der Waals surface area contributed by atoms with E-state index in [-0.39, 0.29) is 5.76 Å². The molecule has 0 unspecified atom stereocenters. The Hall–Kier alpha value is -2.15. The van der Waals surface area contributed by atoms with Crippen molar-refractivity contribution in [2.45, 2.75) is 6.54 Å². The molecule has 0 aliphatic rings. The summed E-state index contributed by atoms with van der Waals surface area (Å²) in [6.07, 6.45) is 0. The first-order valence-electron chi connectivity index (χ1n) is 5.71. The van der Waals surface area contributed by atoms with E-state index in [4.69, 9.17) is 4.42 Å². The normalized spacial score (nSPS) is 10.3. The summed E-state index contributed by atoms with van der Waals surface area (Å²) in [6.45, 7) is 0.389. The fraction of sp³-hybridized carbons (Fsp3) is 0.154. The lowest BCUT2D eigenvalue weighted by Crippen LogP contribution is -2.25. The first-order chi connectivity index (χ1) is 9.47. The van der Waals surface area contributed by atoms with Gasteiger partial charge in [0.05, 0.1) is 6.07 Å². The van der Waals surface area contributed by atoms with Gasteiger partial charge in [-0.3, -0.25) is 14.9 Å². The number of rotatable bonds is 4. The minimum atomic E-state index is -0.675. The van der Waals surface area contributed by atoms with Crippen molar-refractivity contribution in [3.8, 4) is 0 Å². The van der Waals surface area contributed by atoms with Gasteiger partial charge in [0.2, 0.25) is 0 Å². The highest BCUT2D eigenvalue weighted by Gasteiger charge is 2.20. The van der Waals surface area contributed by atoms with E-state index >= 15 is 0 Å². The Morgan fingerprint density at radius 1 is 1.30 bits per heavy atom. The number of hydrogen-bond donors (Lipinski definition) is 0. The topological polar surface area (TPSA) is 76.6 Å². The van der Waals surface area contributed by atoms with Crippen molar-refractivity contribution in [1.82, 2.24) is 4.90 Å². The molecular weight excluding hydrogens is 328 g/mol. The van der Waals surface area contributed by atoms with Gasteiger partial charge >= 0.3 is 5.88 Å². The monoisotopic (exact) mass is 338 g/mol. The molecule has 0 aliphatic carbocycles. The lowest BCUT2D eigenvalue weighted by molar-refractivity contribution is -0.402. The van der Waals surface area contributed by atoms with E-state index in [9.17, 15) is 14.9 Å². The first-order valence-corrected chi connectivity index (χ1v) is 6.51. The molecule has 1 aromatic carbocycles. The van der Waals surface area contributed by atoms with E-state index < -0.39 is 16.7 Å². The summed E-state index contributed by atoms with van der Waals surface area (Å²) >= 11 is 3.33. The van der Waals surface area contributed by atoms with E-state index in [1.54, 1.807) is 7.05 Å². The van der Waals surface area contributed by atoms with Gasteiger partial charge in [0.25, 0.3) is 5.91 Å².